The number of carbonyl (C=O) groups is 2. The molecule has 1 saturated heterocycles. The van der Waals surface area contributed by atoms with E-state index in [4.69, 9.17) is 12.2 Å². The lowest BCUT2D eigenvalue weighted by Crippen LogP contribution is -2.38. The number of nitro benzene ring substituents is 1. The molecule has 0 atom stereocenters. The number of non-ortho nitro benzene ring substituents is 1. The molecule has 0 aliphatic carbocycles. The first-order valence-electron chi connectivity index (χ1n) is 9.59. The summed E-state index contributed by atoms with van der Waals surface area (Å²) in [6.45, 7) is 3.70. The average Bonchev–Trinajstić information content (AvgIpc) is 2.74. The van der Waals surface area contributed by atoms with Crippen molar-refractivity contribution in [3.63, 3.8) is 0 Å². The van der Waals surface area contributed by atoms with Crippen molar-refractivity contribution in [1.82, 2.24) is 10.2 Å². The molecule has 3 rings (SSSR count). The lowest BCUT2D eigenvalue weighted by Gasteiger charge is -2.30. The van der Waals surface area contributed by atoms with Gasteiger partial charge in [-0.2, -0.15) is 0 Å². The van der Waals surface area contributed by atoms with E-state index in [1.165, 1.54) is 24.3 Å². The zero-order valence-electron chi connectivity index (χ0n) is 16.5. The van der Waals surface area contributed by atoms with E-state index < -0.39 is 10.8 Å². The van der Waals surface area contributed by atoms with E-state index in [1.807, 2.05) is 4.90 Å². The van der Waals surface area contributed by atoms with E-state index >= 15 is 0 Å². The number of thiocarbonyl (C=S) groups is 1. The van der Waals surface area contributed by atoms with Gasteiger partial charge >= 0.3 is 0 Å². The second-order valence-corrected chi connectivity index (χ2v) is 7.68. The van der Waals surface area contributed by atoms with E-state index in [2.05, 4.69) is 17.6 Å². The monoisotopic (exact) mass is 426 g/mol. The van der Waals surface area contributed by atoms with Crippen molar-refractivity contribution < 1.29 is 14.5 Å². The Bertz CT molecular complexity index is 969. The number of amides is 2. The predicted octanol–water partition coefficient (Wildman–Crippen LogP) is 3.59. The van der Waals surface area contributed by atoms with Gasteiger partial charge in [-0.05, 0) is 61.3 Å². The highest BCUT2D eigenvalue weighted by Crippen LogP contribution is 2.19. The van der Waals surface area contributed by atoms with Gasteiger partial charge in [-0.3, -0.25) is 25.0 Å². The Labute approximate surface area is 179 Å². The molecule has 1 aliphatic heterocycles. The van der Waals surface area contributed by atoms with Gasteiger partial charge in [-0.15, -0.1) is 0 Å². The summed E-state index contributed by atoms with van der Waals surface area (Å²) in [6, 6.07) is 12.2. The summed E-state index contributed by atoms with van der Waals surface area (Å²) in [5.74, 6) is 0.127. The SMILES string of the molecule is CC1CCN(C(=O)c2cccc(NC(=S)NC(=O)c3ccc([N+](=O)[O-])cc3)c2)CC1. The van der Waals surface area contributed by atoms with Crippen LogP contribution in [0.5, 0.6) is 0 Å². The number of hydrogen-bond donors (Lipinski definition) is 2. The Hall–Kier alpha value is -3.33. The van der Waals surface area contributed by atoms with Gasteiger partial charge < -0.3 is 10.2 Å². The van der Waals surface area contributed by atoms with E-state index in [1.54, 1.807) is 24.3 Å². The highest BCUT2D eigenvalue weighted by molar-refractivity contribution is 7.80. The van der Waals surface area contributed by atoms with Crippen LogP contribution in [0.15, 0.2) is 48.5 Å². The molecule has 9 heteroatoms. The smallest absolute Gasteiger partial charge is 0.269 e. The maximum absolute atomic E-state index is 12.7. The molecule has 0 bridgehead atoms. The molecule has 156 valence electrons. The third-order valence-corrected chi connectivity index (χ3v) is 5.21. The van der Waals surface area contributed by atoms with Gasteiger partial charge in [0.1, 0.15) is 0 Å². The summed E-state index contributed by atoms with van der Waals surface area (Å²) in [7, 11) is 0. The van der Waals surface area contributed by atoms with Crippen molar-refractivity contribution in [2.24, 2.45) is 5.92 Å². The number of rotatable bonds is 4. The highest BCUT2D eigenvalue weighted by Gasteiger charge is 2.21. The molecule has 0 spiro atoms. The van der Waals surface area contributed by atoms with E-state index in [0.717, 1.165) is 25.9 Å². The molecular formula is C21H22N4O4S. The van der Waals surface area contributed by atoms with Crippen LogP contribution in [-0.4, -0.2) is 39.8 Å². The van der Waals surface area contributed by atoms with Crippen molar-refractivity contribution in [2.45, 2.75) is 19.8 Å². The molecule has 2 aromatic carbocycles. The van der Waals surface area contributed by atoms with Crippen molar-refractivity contribution in [3.8, 4) is 0 Å². The van der Waals surface area contributed by atoms with Crippen molar-refractivity contribution in [3.05, 3.63) is 69.8 Å². The number of nitrogens with one attached hydrogen (secondary N) is 2. The molecule has 0 aromatic heterocycles. The van der Waals surface area contributed by atoms with E-state index in [0.29, 0.717) is 17.2 Å². The number of hydrogen-bond acceptors (Lipinski definition) is 5. The fourth-order valence-electron chi connectivity index (χ4n) is 3.20. The van der Waals surface area contributed by atoms with Gasteiger partial charge in [-0.25, -0.2) is 0 Å². The number of anilines is 1. The zero-order valence-corrected chi connectivity index (χ0v) is 17.3. The van der Waals surface area contributed by atoms with Crippen LogP contribution >= 0.6 is 12.2 Å². The Morgan fingerprint density at radius 2 is 1.77 bits per heavy atom. The van der Waals surface area contributed by atoms with Crippen LogP contribution in [0.3, 0.4) is 0 Å². The topological polar surface area (TPSA) is 105 Å². The van der Waals surface area contributed by atoms with Gasteiger partial charge in [0.15, 0.2) is 5.11 Å². The molecule has 0 unspecified atom stereocenters. The van der Waals surface area contributed by atoms with Crippen LogP contribution in [0, 0.1) is 16.0 Å². The van der Waals surface area contributed by atoms with Crippen LogP contribution in [0.2, 0.25) is 0 Å². The maximum Gasteiger partial charge on any atom is 0.269 e. The summed E-state index contributed by atoms with van der Waals surface area (Å²) in [5.41, 5.74) is 1.28. The fourth-order valence-corrected chi connectivity index (χ4v) is 3.41. The van der Waals surface area contributed by atoms with Gasteiger partial charge in [-0.1, -0.05) is 13.0 Å². The Kier molecular flexibility index (Phi) is 6.73. The molecule has 1 fully saturated rings. The molecule has 1 heterocycles. The Morgan fingerprint density at radius 1 is 1.10 bits per heavy atom. The minimum absolute atomic E-state index is 0.0219. The van der Waals surface area contributed by atoms with Gasteiger partial charge in [0.25, 0.3) is 17.5 Å². The standard InChI is InChI=1S/C21H22N4O4S/c1-14-9-11-24(12-10-14)20(27)16-3-2-4-17(13-16)22-21(30)23-19(26)15-5-7-18(8-6-15)25(28)29/h2-8,13-14H,9-12H2,1H3,(H2,22,23,26,30). The zero-order chi connectivity index (χ0) is 21.7. The summed E-state index contributed by atoms with van der Waals surface area (Å²) in [5, 5.41) is 16.2. The number of benzene rings is 2. The lowest BCUT2D eigenvalue weighted by molar-refractivity contribution is -0.384. The Morgan fingerprint density at radius 3 is 2.40 bits per heavy atom. The number of piperidine rings is 1. The number of likely N-dealkylation sites (tertiary alicyclic amines) is 1. The fraction of sp³-hybridized carbons (Fsp3) is 0.286. The molecule has 2 aromatic rings. The first-order chi connectivity index (χ1) is 14.3. The van der Waals surface area contributed by atoms with Crippen LogP contribution in [0.1, 0.15) is 40.5 Å². The minimum atomic E-state index is -0.535. The maximum atomic E-state index is 12.7. The molecule has 2 amide bonds. The first-order valence-corrected chi connectivity index (χ1v) is 10.0. The third-order valence-electron chi connectivity index (χ3n) is 5.01. The molecular weight excluding hydrogens is 404 g/mol. The molecule has 30 heavy (non-hydrogen) atoms. The molecule has 0 saturated carbocycles. The van der Waals surface area contributed by atoms with Crippen molar-refractivity contribution in [1.29, 1.82) is 0 Å². The van der Waals surface area contributed by atoms with Crippen molar-refractivity contribution >= 4 is 40.5 Å². The summed E-state index contributed by atoms with van der Waals surface area (Å²) in [4.78, 5) is 37.0. The second kappa shape index (κ2) is 9.45. The quantitative estimate of drug-likeness (QED) is 0.440. The largest absolute Gasteiger partial charge is 0.339 e. The molecule has 2 N–H and O–H groups in total. The number of nitro groups is 1. The van der Waals surface area contributed by atoms with Gasteiger partial charge in [0.05, 0.1) is 4.92 Å². The number of nitrogens with zero attached hydrogens (tertiary/aromatic N) is 2. The van der Waals surface area contributed by atoms with Gasteiger partial charge in [0, 0.05) is 42.0 Å². The van der Waals surface area contributed by atoms with E-state index in [9.17, 15) is 19.7 Å². The van der Waals surface area contributed by atoms with E-state index in [-0.39, 0.29) is 22.3 Å². The Balaban J connectivity index is 1.60. The van der Waals surface area contributed by atoms with Crippen molar-refractivity contribution in [2.75, 3.05) is 18.4 Å². The summed E-state index contributed by atoms with van der Waals surface area (Å²) in [6.07, 6.45) is 2.00. The summed E-state index contributed by atoms with van der Waals surface area (Å²) < 4.78 is 0. The third kappa shape index (κ3) is 5.38. The van der Waals surface area contributed by atoms with Crippen LogP contribution in [-0.2, 0) is 0 Å². The minimum Gasteiger partial charge on any atom is -0.339 e. The molecule has 8 nitrogen and oxygen atoms in total. The lowest BCUT2D eigenvalue weighted by atomic mass is 9.98. The average molecular weight is 426 g/mol. The molecule has 1 aliphatic rings. The normalized spacial score (nSPS) is 14.1. The highest BCUT2D eigenvalue weighted by atomic mass is 32.1. The number of carbonyl (C=O) groups excluding carboxylic acids is 2. The first kappa shape index (κ1) is 21.4. The van der Waals surface area contributed by atoms with Crippen LogP contribution < -0.4 is 10.6 Å². The summed E-state index contributed by atoms with van der Waals surface area (Å²) >= 11 is 5.18. The molecule has 0 radical (unpaired) electrons. The predicted molar refractivity (Wildman–Crippen MR) is 118 cm³/mol. The second-order valence-electron chi connectivity index (χ2n) is 7.27. The van der Waals surface area contributed by atoms with Crippen LogP contribution in [0.4, 0.5) is 11.4 Å². The van der Waals surface area contributed by atoms with Gasteiger partial charge in [0.2, 0.25) is 0 Å². The van der Waals surface area contributed by atoms with Crippen LogP contribution in [0.25, 0.3) is 0 Å².